The van der Waals surface area contributed by atoms with Crippen molar-refractivity contribution >= 4 is 78.3 Å². The minimum Gasteiger partial charge on any atom is -0.477 e. The lowest BCUT2D eigenvalue weighted by atomic mass is 9.95. The summed E-state index contributed by atoms with van der Waals surface area (Å²) in [6.45, 7) is 23.4. The molecule has 6 rings (SSSR count). The number of amides is 1. The molecule has 0 saturated heterocycles. The van der Waals surface area contributed by atoms with Gasteiger partial charge in [0, 0.05) is 52.1 Å². The number of thiophene rings is 2. The number of halogens is 2. The zero-order valence-corrected chi connectivity index (χ0v) is 45.9. The van der Waals surface area contributed by atoms with Crippen LogP contribution in [0.2, 0.25) is 0 Å². The van der Waals surface area contributed by atoms with Crippen LogP contribution in [0.1, 0.15) is 131 Å². The average molecular weight is 1120 g/mol. The van der Waals surface area contributed by atoms with Gasteiger partial charge >= 0.3 is 17.9 Å². The van der Waals surface area contributed by atoms with Crippen molar-refractivity contribution in [2.75, 3.05) is 0 Å². The summed E-state index contributed by atoms with van der Waals surface area (Å²) >= 11 is 9.43. The molecule has 4 heterocycles. The molecule has 0 aliphatic heterocycles. The second-order valence-corrected chi connectivity index (χ2v) is 24.1. The average Bonchev–Trinajstić information content (AvgIpc) is 3.97. The molecule has 0 aliphatic rings. The zero-order chi connectivity index (χ0) is 51.5. The first-order valence-corrected chi connectivity index (χ1v) is 25.3. The van der Waals surface area contributed by atoms with Crippen LogP contribution in [0.3, 0.4) is 0 Å². The van der Waals surface area contributed by atoms with Crippen LogP contribution >= 0.6 is 54.5 Å². The summed E-state index contributed by atoms with van der Waals surface area (Å²) in [4.78, 5) is 68.7. The molecule has 376 valence electrons. The van der Waals surface area contributed by atoms with Gasteiger partial charge in [-0.15, -0.1) is 22.7 Å². The lowest BCUT2D eigenvalue weighted by Crippen LogP contribution is -2.45. The number of benzene rings is 2. The summed E-state index contributed by atoms with van der Waals surface area (Å²) < 4.78 is 12.5. The van der Waals surface area contributed by atoms with Crippen LogP contribution in [0.5, 0.6) is 0 Å². The van der Waals surface area contributed by atoms with Gasteiger partial charge in [0.25, 0.3) is 5.91 Å². The van der Waals surface area contributed by atoms with E-state index >= 15 is 0 Å². The van der Waals surface area contributed by atoms with E-state index in [2.05, 4.69) is 98.7 Å². The number of nitrogens with one attached hydrogen (secondary N) is 1. The molecule has 6 aromatic rings. The molecular weight excluding hydrogens is 1060 g/mol. The Balaban J connectivity index is 0.000000309. The number of carboxylic acid groups (broad SMARTS) is 1. The SMILES string of the molecule is C.CC(C)(C)OC(=O)[C@@H](N)Cc1ccc(-c2ncc(Br)cn2)cc1.CC(C)(C)OC(=O)[C@H](Cc1ccc(-c2ncc(Br)cn2)cc1)NC(=O)c1ccc(C(C)(C)C)s1.CC(C)(C)c1ccc(C(=O)O)s1. The molecule has 4 aromatic heterocycles. The van der Waals surface area contributed by atoms with Crippen molar-refractivity contribution < 1.29 is 33.8 Å². The molecule has 4 N–H and O–H groups in total. The fourth-order valence-corrected chi connectivity index (χ4v) is 8.25. The van der Waals surface area contributed by atoms with E-state index in [9.17, 15) is 19.2 Å². The van der Waals surface area contributed by atoms with Crippen molar-refractivity contribution in [3.63, 3.8) is 0 Å². The molecule has 0 radical (unpaired) electrons. The number of carbonyl (C=O) groups excluding carboxylic acids is 3. The number of aromatic nitrogens is 4. The van der Waals surface area contributed by atoms with Gasteiger partial charge in [0.05, 0.1) is 13.8 Å². The first-order chi connectivity index (χ1) is 32.0. The van der Waals surface area contributed by atoms with Crippen LogP contribution in [-0.2, 0) is 42.7 Å². The standard InChI is InChI=1S/C26H30BrN3O3S.C17H20BrN3O2.C9H12O2S.CH4/c1-25(2,3)21-12-11-20(34-21)23(31)30-19(24(32)33-26(4,5)6)13-16-7-9-17(10-8-16)22-28-14-18(27)15-29-22;1-17(2,3)23-16(22)14(19)8-11-4-6-12(7-5-11)15-20-9-13(18)10-21-15;1-9(2,3)7-5-4-6(12-7)8(10)11;/h7-12,14-15,19H,13H2,1-6H3,(H,30,31);4-7,9-10,14H,8,19H2,1-3H3;4-5H,1-3H3,(H,10,11);1H4/t19-;14-;;/m00../s1. The molecule has 17 heteroatoms. The molecule has 70 heavy (non-hydrogen) atoms. The van der Waals surface area contributed by atoms with Crippen molar-refractivity contribution in [2.24, 2.45) is 5.73 Å². The van der Waals surface area contributed by atoms with E-state index in [1.165, 1.54) is 22.7 Å². The third-order valence-corrected chi connectivity index (χ3v) is 13.2. The van der Waals surface area contributed by atoms with Gasteiger partial charge < -0.3 is 25.6 Å². The minimum absolute atomic E-state index is 0. The summed E-state index contributed by atoms with van der Waals surface area (Å²) in [5.74, 6) is -0.714. The van der Waals surface area contributed by atoms with Crippen molar-refractivity contribution in [2.45, 2.75) is 137 Å². The van der Waals surface area contributed by atoms with Gasteiger partial charge in [0.1, 0.15) is 28.2 Å². The fourth-order valence-electron chi connectivity index (χ4n) is 5.97. The maximum Gasteiger partial charge on any atom is 0.345 e. The first-order valence-electron chi connectivity index (χ1n) is 22.1. The smallest absolute Gasteiger partial charge is 0.345 e. The van der Waals surface area contributed by atoms with Gasteiger partial charge in [-0.3, -0.25) is 9.59 Å². The molecule has 0 aliphatic carbocycles. The van der Waals surface area contributed by atoms with Gasteiger partial charge in [0.15, 0.2) is 11.6 Å². The number of ether oxygens (including phenoxy) is 2. The van der Waals surface area contributed by atoms with E-state index in [-0.39, 0.29) is 24.2 Å². The Bertz CT molecular complexity index is 2640. The van der Waals surface area contributed by atoms with Gasteiger partial charge in [-0.25, -0.2) is 29.5 Å². The largest absolute Gasteiger partial charge is 0.477 e. The normalized spacial score (nSPS) is 12.4. The number of carbonyl (C=O) groups is 4. The molecule has 13 nitrogen and oxygen atoms in total. The highest BCUT2D eigenvalue weighted by atomic mass is 79.9. The topological polar surface area (TPSA) is 197 Å². The summed E-state index contributed by atoms with van der Waals surface area (Å²) in [6.07, 6.45) is 7.53. The number of esters is 2. The quantitative estimate of drug-likeness (QED) is 0.104. The number of nitrogens with zero attached hydrogens (tertiary/aromatic N) is 4. The predicted octanol–water partition coefficient (Wildman–Crippen LogP) is 12.4. The van der Waals surface area contributed by atoms with Crippen LogP contribution in [0.15, 0.2) is 107 Å². The number of aromatic carboxylic acids is 1. The van der Waals surface area contributed by atoms with E-state index < -0.39 is 41.2 Å². The Hall–Kier alpha value is -5.20. The highest BCUT2D eigenvalue weighted by Gasteiger charge is 2.29. The Morgan fingerprint density at radius 3 is 1.31 bits per heavy atom. The Labute approximate surface area is 437 Å². The summed E-state index contributed by atoms with van der Waals surface area (Å²) in [5.41, 5.74) is 8.35. The van der Waals surface area contributed by atoms with Crippen LogP contribution in [0, 0.1) is 0 Å². The maximum atomic E-state index is 13.0. The summed E-state index contributed by atoms with van der Waals surface area (Å²) in [5, 5.41) is 11.6. The van der Waals surface area contributed by atoms with Crippen LogP contribution in [-0.4, -0.2) is 72.1 Å². The summed E-state index contributed by atoms with van der Waals surface area (Å²) in [7, 11) is 0. The third-order valence-electron chi connectivity index (χ3n) is 9.39. The minimum atomic E-state index is -0.838. The number of rotatable bonds is 11. The molecule has 2 aromatic carbocycles. The Kier molecular flexibility index (Phi) is 21.3. The number of nitrogens with two attached hydrogens (primary N) is 1. The van der Waals surface area contributed by atoms with Crippen molar-refractivity contribution in [1.82, 2.24) is 25.3 Å². The highest BCUT2D eigenvalue weighted by molar-refractivity contribution is 9.10. The van der Waals surface area contributed by atoms with Gasteiger partial charge in [0.2, 0.25) is 0 Å². The predicted molar refractivity (Wildman–Crippen MR) is 288 cm³/mol. The number of hydrogen-bond donors (Lipinski definition) is 3. The van der Waals surface area contributed by atoms with Gasteiger partial charge in [-0.05, 0) is 126 Å². The highest BCUT2D eigenvalue weighted by Crippen LogP contribution is 2.31. The lowest BCUT2D eigenvalue weighted by molar-refractivity contribution is -0.157. The lowest BCUT2D eigenvalue weighted by Gasteiger charge is -2.24. The van der Waals surface area contributed by atoms with Crippen LogP contribution in [0.25, 0.3) is 22.8 Å². The van der Waals surface area contributed by atoms with Crippen molar-refractivity contribution in [3.05, 3.63) is 137 Å². The Morgan fingerprint density at radius 2 is 0.957 bits per heavy atom. The summed E-state index contributed by atoms with van der Waals surface area (Å²) in [6, 6.07) is 21.1. The zero-order valence-electron chi connectivity index (χ0n) is 41.1. The number of carboxylic acids is 1. The molecular formula is C53H66Br2N6O7S2. The molecule has 2 atom stereocenters. The van der Waals surface area contributed by atoms with E-state index in [4.69, 9.17) is 20.3 Å². The Morgan fingerprint density at radius 1 is 0.586 bits per heavy atom. The second-order valence-electron chi connectivity index (χ2n) is 20.1. The van der Waals surface area contributed by atoms with Gasteiger partial charge in [-0.1, -0.05) is 97.5 Å². The third kappa shape index (κ3) is 19.5. The molecule has 0 saturated carbocycles. The van der Waals surface area contributed by atoms with Gasteiger partial charge in [-0.2, -0.15) is 0 Å². The van der Waals surface area contributed by atoms with Crippen molar-refractivity contribution in [1.29, 1.82) is 0 Å². The molecule has 0 bridgehead atoms. The molecule has 0 spiro atoms. The van der Waals surface area contributed by atoms with E-state index in [0.717, 1.165) is 41.0 Å². The van der Waals surface area contributed by atoms with Crippen LogP contribution < -0.4 is 11.1 Å². The fraction of sp³-hybridized carbons (Fsp3) is 0.396. The second kappa shape index (κ2) is 25.3. The monoisotopic (exact) mass is 1120 g/mol. The van der Waals surface area contributed by atoms with E-state index in [0.29, 0.717) is 34.2 Å². The van der Waals surface area contributed by atoms with Crippen LogP contribution in [0.4, 0.5) is 0 Å². The maximum absolute atomic E-state index is 13.0. The molecule has 0 unspecified atom stereocenters. The molecule has 1 amide bonds. The first kappa shape index (κ1) is 59.1. The van der Waals surface area contributed by atoms with E-state index in [1.807, 2.05) is 102 Å². The number of hydrogen-bond acceptors (Lipinski definition) is 13. The molecule has 0 fully saturated rings. The van der Waals surface area contributed by atoms with E-state index in [1.54, 1.807) is 36.9 Å². The van der Waals surface area contributed by atoms with Crippen molar-refractivity contribution in [3.8, 4) is 22.8 Å².